The Morgan fingerprint density at radius 2 is 2.03 bits per heavy atom. The largest absolute Gasteiger partial charge is 0.361 e. The number of hydrogen-bond donors (Lipinski definition) is 2. The molecule has 1 fully saturated rings. The second-order valence-electron chi connectivity index (χ2n) is 8.03. The van der Waals surface area contributed by atoms with E-state index < -0.39 is 0 Å². The van der Waals surface area contributed by atoms with Crippen LogP contribution in [0.2, 0.25) is 0 Å². The Bertz CT molecular complexity index is 985. The summed E-state index contributed by atoms with van der Waals surface area (Å²) in [7, 11) is 0. The molecule has 2 heterocycles. The van der Waals surface area contributed by atoms with Crippen molar-refractivity contribution in [2.75, 3.05) is 5.32 Å². The maximum absolute atomic E-state index is 12.9. The van der Waals surface area contributed by atoms with Crippen LogP contribution in [0, 0.1) is 19.8 Å². The fraction of sp³-hybridized carbons (Fsp3) is 0.435. The number of aryl methyl sites for hydroxylation is 2. The standard InChI is InChI=1S/C23H28N4O2S/c1-15-20(16(2)29-27-15)14-30-21-11-7-6-10-19(21)23(28)24-22-13-18(25-26-22)12-17-8-4-3-5-9-17/h6-7,10-11,13,17H,3-5,8-9,12,14H2,1-2H3,(H2,24,25,26,28). The molecule has 1 aliphatic carbocycles. The fourth-order valence-electron chi connectivity index (χ4n) is 4.05. The van der Waals surface area contributed by atoms with E-state index in [1.54, 1.807) is 11.8 Å². The lowest BCUT2D eigenvalue weighted by molar-refractivity contribution is 0.102. The van der Waals surface area contributed by atoms with E-state index in [0.717, 1.165) is 39.9 Å². The number of benzene rings is 1. The van der Waals surface area contributed by atoms with Crippen molar-refractivity contribution >= 4 is 23.5 Å². The first-order valence-electron chi connectivity index (χ1n) is 10.6. The van der Waals surface area contributed by atoms with Crippen LogP contribution in [0.1, 0.15) is 65.2 Å². The molecular formula is C23H28N4O2S. The molecule has 0 radical (unpaired) electrons. The van der Waals surface area contributed by atoms with Crippen molar-refractivity contribution in [3.8, 4) is 0 Å². The molecule has 0 bridgehead atoms. The Kier molecular flexibility index (Phi) is 6.57. The van der Waals surface area contributed by atoms with Gasteiger partial charge in [-0.05, 0) is 38.3 Å². The first kappa shape index (κ1) is 20.7. The third-order valence-electron chi connectivity index (χ3n) is 5.79. The van der Waals surface area contributed by atoms with Crippen molar-refractivity contribution in [1.82, 2.24) is 15.4 Å². The monoisotopic (exact) mass is 424 g/mol. The van der Waals surface area contributed by atoms with Crippen molar-refractivity contribution in [1.29, 1.82) is 0 Å². The first-order valence-corrected chi connectivity index (χ1v) is 11.6. The van der Waals surface area contributed by atoms with Gasteiger partial charge in [0.15, 0.2) is 5.82 Å². The number of aromatic nitrogens is 3. The van der Waals surface area contributed by atoms with Crippen LogP contribution in [0.15, 0.2) is 39.8 Å². The van der Waals surface area contributed by atoms with Crippen LogP contribution in [-0.2, 0) is 12.2 Å². The maximum Gasteiger partial charge on any atom is 0.257 e. The van der Waals surface area contributed by atoms with E-state index in [1.165, 1.54) is 32.1 Å². The van der Waals surface area contributed by atoms with Gasteiger partial charge in [-0.15, -0.1) is 11.8 Å². The van der Waals surface area contributed by atoms with Crippen LogP contribution in [0.5, 0.6) is 0 Å². The predicted molar refractivity (Wildman–Crippen MR) is 119 cm³/mol. The molecule has 0 aliphatic heterocycles. The van der Waals surface area contributed by atoms with Crippen molar-refractivity contribution in [3.05, 3.63) is 58.6 Å². The maximum atomic E-state index is 12.9. The van der Waals surface area contributed by atoms with Crippen LogP contribution in [-0.4, -0.2) is 21.3 Å². The lowest BCUT2D eigenvalue weighted by atomic mass is 9.86. The molecule has 1 aliphatic rings. The second-order valence-corrected chi connectivity index (χ2v) is 9.05. The summed E-state index contributed by atoms with van der Waals surface area (Å²) in [6.07, 6.45) is 7.59. The molecule has 6 nitrogen and oxygen atoms in total. The Morgan fingerprint density at radius 1 is 1.23 bits per heavy atom. The molecule has 2 N–H and O–H groups in total. The van der Waals surface area contributed by atoms with Gasteiger partial charge in [-0.2, -0.15) is 5.10 Å². The molecular weight excluding hydrogens is 396 g/mol. The molecule has 1 aromatic carbocycles. The zero-order chi connectivity index (χ0) is 20.9. The number of H-pyrrole nitrogens is 1. The number of nitrogens with one attached hydrogen (secondary N) is 2. The van der Waals surface area contributed by atoms with Gasteiger partial charge in [-0.25, -0.2) is 0 Å². The zero-order valence-corrected chi connectivity index (χ0v) is 18.3. The van der Waals surface area contributed by atoms with Crippen molar-refractivity contribution in [3.63, 3.8) is 0 Å². The molecule has 2 aromatic heterocycles. The first-order chi connectivity index (χ1) is 14.6. The number of carbonyl (C=O) groups is 1. The molecule has 0 saturated heterocycles. The normalized spacial score (nSPS) is 14.7. The van der Waals surface area contributed by atoms with E-state index in [9.17, 15) is 4.79 Å². The van der Waals surface area contributed by atoms with Gasteiger partial charge in [-0.1, -0.05) is 49.4 Å². The average molecular weight is 425 g/mol. The zero-order valence-electron chi connectivity index (χ0n) is 17.5. The molecule has 3 aromatic rings. The van der Waals surface area contributed by atoms with E-state index in [4.69, 9.17) is 4.52 Å². The number of nitrogens with zero attached hydrogens (tertiary/aromatic N) is 2. The lowest BCUT2D eigenvalue weighted by Crippen LogP contribution is -2.13. The number of rotatable bonds is 7. The molecule has 158 valence electrons. The molecule has 0 spiro atoms. The molecule has 0 unspecified atom stereocenters. The number of anilines is 1. The van der Waals surface area contributed by atoms with Crippen LogP contribution in [0.3, 0.4) is 0 Å². The second kappa shape index (κ2) is 9.51. The van der Waals surface area contributed by atoms with E-state index in [-0.39, 0.29) is 5.91 Å². The van der Waals surface area contributed by atoms with Crippen molar-refractivity contribution < 1.29 is 9.32 Å². The minimum absolute atomic E-state index is 0.146. The summed E-state index contributed by atoms with van der Waals surface area (Å²) >= 11 is 1.61. The molecule has 4 rings (SSSR count). The van der Waals surface area contributed by atoms with Gasteiger partial charge < -0.3 is 9.84 Å². The third kappa shape index (κ3) is 4.95. The number of amides is 1. The minimum Gasteiger partial charge on any atom is -0.361 e. The van der Waals surface area contributed by atoms with Crippen molar-refractivity contribution in [2.45, 2.75) is 63.0 Å². The summed E-state index contributed by atoms with van der Waals surface area (Å²) in [4.78, 5) is 13.8. The van der Waals surface area contributed by atoms with Gasteiger partial charge in [0.2, 0.25) is 0 Å². The topological polar surface area (TPSA) is 83.8 Å². The molecule has 30 heavy (non-hydrogen) atoms. The summed E-state index contributed by atoms with van der Waals surface area (Å²) in [5, 5.41) is 14.3. The Hall–Kier alpha value is -2.54. The summed E-state index contributed by atoms with van der Waals surface area (Å²) in [6.45, 7) is 3.85. The van der Waals surface area contributed by atoms with E-state index in [1.807, 2.05) is 44.2 Å². The highest BCUT2D eigenvalue weighted by molar-refractivity contribution is 7.98. The lowest BCUT2D eigenvalue weighted by Gasteiger charge is -2.20. The van der Waals surface area contributed by atoms with E-state index in [0.29, 0.717) is 17.1 Å². The summed E-state index contributed by atoms with van der Waals surface area (Å²) < 4.78 is 5.24. The van der Waals surface area contributed by atoms with E-state index >= 15 is 0 Å². The van der Waals surface area contributed by atoms with Crippen LogP contribution >= 0.6 is 11.8 Å². The van der Waals surface area contributed by atoms with Crippen LogP contribution < -0.4 is 5.32 Å². The number of thioether (sulfide) groups is 1. The molecule has 1 amide bonds. The Balaban J connectivity index is 1.40. The molecule has 0 atom stereocenters. The van der Waals surface area contributed by atoms with Crippen molar-refractivity contribution in [2.24, 2.45) is 5.92 Å². The highest BCUT2D eigenvalue weighted by atomic mass is 32.2. The predicted octanol–water partition coefficient (Wildman–Crippen LogP) is 5.68. The van der Waals surface area contributed by atoms with Gasteiger partial charge in [0.05, 0.1) is 11.3 Å². The third-order valence-corrected chi connectivity index (χ3v) is 6.89. The van der Waals surface area contributed by atoms with E-state index in [2.05, 4.69) is 20.7 Å². The van der Waals surface area contributed by atoms with Gasteiger partial charge in [0.1, 0.15) is 5.76 Å². The molecule has 1 saturated carbocycles. The van der Waals surface area contributed by atoms with Gasteiger partial charge in [0.25, 0.3) is 5.91 Å². The summed E-state index contributed by atoms with van der Waals surface area (Å²) in [5.74, 6) is 2.69. The Labute approximate surface area is 181 Å². The van der Waals surface area contributed by atoms with Gasteiger partial charge >= 0.3 is 0 Å². The SMILES string of the molecule is Cc1noc(C)c1CSc1ccccc1C(=O)Nc1cc(CC2CCCCC2)[nH]n1. The average Bonchev–Trinajstić information content (AvgIpc) is 3.33. The molecule has 7 heteroatoms. The fourth-order valence-corrected chi connectivity index (χ4v) is 5.26. The van der Waals surface area contributed by atoms with Gasteiger partial charge in [-0.3, -0.25) is 9.89 Å². The number of carbonyl (C=O) groups excluding carboxylic acids is 1. The quantitative estimate of drug-likeness (QED) is 0.477. The van der Waals surface area contributed by atoms with Crippen LogP contribution in [0.4, 0.5) is 5.82 Å². The van der Waals surface area contributed by atoms with Crippen LogP contribution in [0.25, 0.3) is 0 Å². The Morgan fingerprint density at radius 3 is 2.80 bits per heavy atom. The minimum atomic E-state index is -0.146. The summed E-state index contributed by atoms with van der Waals surface area (Å²) in [5.41, 5.74) is 3.71. The summed E-state index contributed by atoms with van der Waals surface area (Å²) in [6, 6.07) is 9.61. The number of aromatic amines is 1. The highest BCUT2D eigenvalue weighted by Gasteiger charge is 2.17. The smallest absolute Gasteiger partial charge is 0.257 e. The highest BCUT2D eigenvalue weighted by Crippen LogP contribution is 2.30. The van der Waals surface area contributed by atoms with Gasteiger partial charge in [0, 0.05) is 28.0 Å². The number of hydrogen-bond acceptors (Lipinski definition) is 5.